The highest BCUT2D eigenvalue weighted by Gasteiger charge is 2.31. The summed E-state index contributed by atoms with van der Waals surface area (Å²) in [4.78, 5) is 51.3. The number of carbonyl (C=O) groups excluding carboxylic acids is 4. The summed E-state index contributed by atoms with van der Waals surface area (Å²) in [6, 6.07) is 10.7. The van der Waals surface area contributed by atoms with Gasteiger partial charge in [-0.05, 0) is 41.8 Å². The number of benzene rings is 2. The van der Waals surface area contributed by atoms with Crippen LogP contribution in [0.1, 0.15) is 44.7 Å². The summed E-state index contributed by atoms with van der Waals surface area (Å²) in [6.45, 7) is 2.90. The lowest BCUT2D eigenvalue weighted by Crippen LogP contribution is -2.57. The minimum Gasteiger partial charge on any atom is -0.457 e. The predicted molar refractivity (Wildman–Crippen MR) is 140 cm³/mol. The van der Waals surface area contributed by atoms with E-state index in [2.05, 4.69) is 21.3 Å². The normalized spacial score (nSPS) is 20.2. The molecule has 1 heterocycles. The summed E-state index contributed by atoms with van der Waals surface area (Å²) in [5.41, 5.74) is 1.35. The monoisotopic (exact) mass is 544 g/mol. The van der Waals surface area contributed by atoms with Crippen LogP contribution in [0.2, 0.25) is 0 Å². The van der Waals surface area contributed by atoms with Crippen LogP contribution in [0.15, 0.2) is 48.5 Å². The Hall–Kier alpha value is -4.02. The summed E-state index contributed by atoms with van der Waals surface area (Å²) in [7, 11) is 0. The lowest BCUT2D eigenvalue weighted by atomic mass is 10.0. The Morgan fingerprint density at radius 2 is 1.62 bits per heavy atom. The molecule has 3 atom stereocenters. The number of fused-ring (bicyclic) bond motifs is 4. The number of alkyl halides is 2. The van der Waals surface area contributed by atoms with E-state index in [1.807, 2.05) is 6.92 Å². The van der Waals surface area contributed by atoms with Gasteiger partial charge in [-0.15, -0.1) is 0 Å². The molecule has 0 saturated carbocycles. The molecule has 11 heteroatoms. The van der Waals surface area contributed by atoms with Crippen LogP contribution in [0.4, 0.5) is 8.78 Å². The SMILES string of the molecule is CCC[C@@H]1NC(=O)[C@@H](NC(C)=O)Cc2cccc(c2)Oc2cccc(c2)C[C@@H](C(=O)NCC(C)(F)F)NC1=O. The molecule has 3 rings (SSSR count). The van der Waals surface area contributed by atoms with Crippen molar-refractivity contribution < 1.29 is 32.7 Å². The van der Waals surface area contributed by atoms with E-state index in [0.717, 1.165) is 5.56 Å². The molecular formula is C28H34F2N4O5. The molecule has 2 aromatic carbocycles. The van der Waals surface area contributed by atoms with Crippen LogP contribution >= 0.6 is 0 Å². The molecule has 0 saturated heterocycles. The van der Waals surface area contributed by atoms with E-state index in [0.29, 0.717) is 30.4 Å². The second kappa shape index (κ2) is 13.2. The lowest BCUT2D eigenvalue weighted by molar-refractivity contribution is -0.134. The number of nitrogens with one attached hydrogen (secondary N) is 4. The molecule has 0 fully saturated rings. The Labute approximate surface area is 226 Å². The maximum absolute atomic E-state index is 13.4. The maximum Gasteiger partial charge on any atom is 0.262 e. The van der Waals surface area contributed by atoms with Crippen LogP contribution in [-0.4, -0.2) is 54.2 Å². The van der Waals surface area contributed by atoms with E-state index in [-0.39, 0.29) is 19.3 Å². The summed E-state index contributed by atoms with van der Waals surface area (Å²) >= 11 is 0. The van der Waals surface area contributed by atoms with Crippen LogP contribution in [-0.2, 0) is 32.0 Å². The molecule has 1 aliphatic rings. The smallest absolute Gasteiger partial charge is 0.262 e. The predicted octanol–water partition coefficient (Wildman–Crippen LogP) is 2.62. The summed E-state index contributed by atoms with van der Waals surface area (Å²) in [6.07, 6.45) is 0.916. The standard InChI is InChI=1S/C28H34F2N4O5/c1-4-7-22-26(37)34-23(25(36)31-16-28(3,29)30)14-18-8-5-10-20(12-18)39-21-11-6-9-19(13-21)15-24(27(38)33-22)32-17(2)35/h5-6,8-13,22-24H,4,7,14-16H2,1-3H3,(H,31,36)(H,32,35)(H,33,38)(H,34,37)/t22-,23-,24-/m0/s1. The molecule has 210 valence electrons. The van der Waals surface area contributed by atoms with Crippen molar-refractivity contribution >= 4 is 23.6 Å². The van der Waals surface area contributed by atoms with Gasteiger partial charge in [-0.25, -0.2) is 8.78 Å². The van der Waals surface area contributed by atoms with Gasteiger partial charge in [0.1, 0.15) is 29.6 Å². The molecule has 0 aromatic heterocycles. The van der Waals surface area contributed by atoms with Gasteiger partial charge in [0.25, 0.3) is 5.92 Å². The van der Waals surface area contributed by atoms with Crippen LogP contribution in [0, 0.1) is 0 Å². The number of amides is 4. The Morgan fingerprint density at radius 1 is 1.00 bits per heavy atom. The molecule has 0 spiro atoms. The van der Waals surface area contributed by atoms with E-state index < -0.39 is 54.2 Å². The third-order valence-corrected chi connectivity index (χ3v) is 6.02. The summed E-state index contributed by atoms with van der Waals surface area (Å²) in [5.74, 6) is -4.61. The van der Waals surface area contributed by atoms with Crippen molar-refractivity contribution in [1.82, 2.24) is 21.3 Å². The van der Waals surface area contributed by atoms with E-state index in [4.69, 9.17) is 4.74 Å². The molecule has 39 heavy (non-hydrogen) atoms. The van der Waals surface area contributed by atoms with Crippen LogP contribution in [0.3, 0.4) is 0 Å². The van der Waals surface area contributed by atoms with Crippen LogP contribution < -0.4 is 26.0 Å². The summed E-state index contributed by atoms with van der Waals surface area (Å²) in [5, 5.41) is 10.1. The van der Waals surface area contributed by atoms with Crippen molar-refractivity contribution in [3.8, 4) is 11.5 Å². The fraction of sp³-hybridized carbons (Fsp3) is 0.429. The number of hydrogen-bond donors (Lipinski definition) is 4. The number of rotatable bonds is 6. The average molecular weight is 545 g/mol. The third kappa shape index (κ3) is 9.35. The van der Waals surface area contributed by atoms with Gasteiger partial charge in [0.15, 0.2) is 0 Å². The van der Waals surface area contributed by atoms with Crippen molar-refractivity contribution in [2.75, 3.05) is 6.54 Å². The minimum atomic E-state index is -3.14. The molecule has 9 nitrogen and oxygen atoms in total. The fourth-order valence-corrected chi connectivity index (χ4v) is 4.21. The van der Waals surface area contributed by atoms with Gasteiger partial charge < -0.3 is 26.0 Å². The first-order valence-electron chi connectivity index (χ1n) is 12.8. The van der Waals surface area contributed by atoms with Gasteiger partial charge in [0, 0.05) is 26.7 Å². The molecule has 0 unspecified atom stereocenters. The maximum atomic E-state index is 13.4. The van der Waals surface area contributed by atoms with Crippen LogP contribution in [0.25, 0.3) is 0 Å². The largest absolute Gasteiger partial charge is 0.457 e. The van der Waals surface area contributed by atoms with Gasteiger partial charge in [0.05, 0.1) is 6.54 Å². The number of halogens is 2. The van der Waals surface area contributed by atoms with Crippen molar-refractivity contribution in [2.24, 2.45) is 0 Å². The van der Waals surface area contributed by atoms with Crippen molar-refractivity contribution in [2.45, 2.75) is 70.5 Å². The van der Waals surface area contributed by atoms with E-state index in [1.165, 1.54) is 6.92 Å². The first kappa shape index (κ1) is 29.5. The Bertz CT molecular complexity index is 1200. The second-order valence-electron chi connectivity index (χ2n) is 9.76. The Balaban J connectivity index is 2.01. The Morgan fingerprint density at radius 3 is 2.18 bits per heavy atom. The highest BCUT2D eigenvalue weighted by atomic mass is 19.3. The molecule has 4 N–H and O–H groups in total. The molecule has 4 bridgehead atoms. The topological polar surface area (TPSA) is 126 Å². The zero-order chi connectivity index (χ0) is 28.6. The van der Waals surface area contributed by atoms with E-state index in [9.17, 15) is 28.0 Å². The molecule has 1 aliphatic heterocycles. The quantitative estimate of drug-likeness (QED) is 0.445. The van der Waals surface area contributed by atoms with E-state index in [1.54, 1.807) is 48.5 Å². The summed E-state index contributed by atoms with van der Waals surface area (Å²) < 4.78 is 32.9. The van der Waals surface area contributed by atoms with Gasteiger partial charge in [0.2, 0.25) is 23.6 Å². The first-order valence-corrected chi connectivity index (χ1v) is 12.8. The van der Waals surface area contributed by atoms with Crippen molar-refractivity contribution in [3.05, 3.63) is 59.7 Å². The minimum absolute atomic E-state index is 0.00852. The van der Waals surface area contributed by atoms with Crippen molar-refractivity contribution in [1.29, 1.82) is 0 Å². The zero-order valence-corrected chi connectivity index (χ0v) is 22.2. The van der Waals surface area contributed by atoms with E-state index >= 15 is 0 Å². The number of carbonyl (C=O) groups is 4. The molecule has 4 amide bonds. The van der Waals surface area contributed by atoms with Gasteiger partial charge in [-0.1, -0.05) is 37.6 Å². The molecule has 0 radical (unpaired) electrons. The highest BCUT2D eigenvalue weighted by molar-refractivity contribution is 5.94. The lowest BCUT2D eigenvalue weighted by Gasteiger charge is -2.26. The fourth-order valence-electron chi connectivity index (χ4n) is 4.21. The molecule has 0 aliphatic carbocycles. The molecule has 2 aromatic rings. The second-order valence-corrected chi connectivity index (χ2v) is 9.76. The highest BCUT2D eigenvalue weighted by Crippen LogP contribution is 2.24. The van der Waals surface area contributed by atoms with Gasteiger partial charge in [-0.2, -0.15) is 0 Å². The number of hydrogen-bond acceptors (Lipinski definition) is 5. The van der Waals surface area contributed by atoms with Crippen molar-refractivity contribution in [3.63, 3.8) is 0 Å². The third-order valence-electron chi connectivity index (χ3n) is 6.02. The average Bonchev–Trinajstić information content (AvgIpc) is 2.85. The Kier molecular flexibility index (Phi) is 9.97. The molecular weight excluding hydrogens is 510 g/mol. The first-order chi connectivity index (χ1) is 18.4. The number of ether oxygens (including phenoxy) is 1. The zero-order valence-electron chi connectivity index (χ0n) is 22.2. The van der Waals surface area contributed by atoms with Gasteiger partial charge in [-0.3, -0.25) is 19.2 Å². The van der Waals surface area contributed by atoms with Crippen LogP contribution in [0.5, 0.6) is 11.5 Å². The van der Waals surface area contributed by atoms with Gasteiger partial charge >= 0.3 is 0 Å².